The fraction of sp³-hybridized carbons (Fsp3) is 0.538. The highest BCUT2D eigenvalue weighted by Crippen LogP contribution is 2.24. The molecule has 1 aliphatic heterocycles. The molecule has 0 bridgehead atoms. The van der Waals surface area contributed by atoms with E-state index in [-0.39, 0.29) is 5.54 Å². The Labute approximate surface area is 109 Å². The molecule has 1 saturated heterocycles. The predicted molar refractivity (Wildman–Crippen MR) is 73.0 cm³/mol. The van der Waals surface area contributed by atoms with Gasteiger partial charge in [-0.3, -0.25) is 0 Å². The van der Waals surface area contributed by atoms with Gasteiger partial charge in [0, 0.05) is 5.54 Å². The number of sulfonamides is 1. The molecule has 1 aromatic rings. The first kappa shape index (κ1) is 13.5. The van der Waals surface area contributed by atoms with Gasteiger partial charge in [0.1, 0.15) is 0 Å². The second-order valence-electron chi connectivity index (χ2n) is 5.07. The molecule has 1 fully saturated rings. The van der Waals surface area contributed by atoms with Crippen molar-refractivity contribution in [2.75, 3.05) is 19.3 Å². The Bertz CT molecular complexity index is 479. The summed E-state index contributed by atoms with van der Waals surface area (Å²) < 4.78 is 26.0. The lowest BCUT2D eigenvalue weighted by Crippen LogP contribution is -2.55. The summed E-state index contributed by atoms with van der Waals surface area (Å²) in [6, 6.07) is 10.1. The first-order chi connectivity index (χ1) is 8.49. The quantitative estimate of drug-likeness (QED) is 0.853. The molecule has 0 atom stereocenters. The molecule has 0 unspecified atom stereocenters. The molecule has 1 heterocycles. The van der Waals surface area contributed by atoms with Crippen molar-refractivity contribution >= 4 is 10.0 Å². The van der Waals surface area contributed by atoms with E-state index in [0.717, 1.165) is 32.4 Å². The number of benzene rings is 1. The van der Waals surface area contributed by atoms with Gasteiger partial charge in [0.15, 0.2) is 0 Å². The summed E-state index contributed by atoms with van der Waals surface area (Å²) in [5.41, 5.74) is 0.843. The Morgan fingerprint density at radius 3 is 2.39 bits per heavy atom. The monoisotopic (exact) mass is 268 g/mol. The Balaban J connectivity index is 2.19. The van der Waals surface area contributed by atoms with Gasteiger partial charge in [-0.25, -0.2) is 13.1 Å². The molecule has 1 aliphatic rings. The van der Waals surface area contributed by atoms with E-state index in [1.807, 2.05) is 30.3 Å². The molecule has 1 aromatic carbocycles. The van der Waals surface area contributed by atoms with Gasteiger partial charge < -0.3 is 5.32 Å². The lowest BCUT2D eigenvalue weighted by Gasteiger charge is -2.38. The van der Waals surface area contributed by atoms with Gasteiger partial charge in [-0.2, -0.15) is 0 Å². The second-order valence-corrected chi connectivity index (χ2v) is 6.82. The minimum absolute atomic E-state index is 0.333. The summed E-state index contributed by atoms with van der Waals surface area (Å²) in [5.74, 6) is 0. The van der Waals surface area contributed by atoms with Crippen LogP contribution in [-0.4, -0.2) is 33.3 Å². The van der Waals surface area contributed by atoms with Gasteiger partial charge in [-0.1, -0.05) is 30.3 Å². The zero-order valence-electron chi connectivity index (χ0n) is 10.6. The molecule has 0 spiro atoms. The average Bonchev–Trinajstić information content (AvgIpc) is 2.28. The van der Waals surface area contributed by atoms with Gasteiger partial charge in [0.2, 0.25) is 10.0 Å². The third-order valence-corrected chi connectivity index (χ3v) is 4.15. The maximum atomic E-state index is 11.6. The normalized spacial score (nSPS) is 19.6. The van der Waals surface area contributed by atoms with Crippen molar-refractivity contribution in [3.8, 4) is 0 Å². The number of rotatable bonds is 4. The van der Waals surface area contributed by atoms with Crippen LogP contribution in [0.15, 0.2) is 30.3 Å². The number of hydrogen-bond donors (Lipinski definition) is 2. The van der Waals surface area contributed by atoms with E-state index in [1.165, 1.54) is 11.8 Å². The fourth-order valence-corrected chi connectivity index (χ4v) is 3.66. The molecule has 0 saturated carbocycles. The zero-order chi connectivity index (χ0) is 13.1. The fourth-order valence-electron chi connectivity index (χ4n) is 2.60. The van der Waals surface area contributed by atoms with Gasteiger partial charge in [0.05, 0.1) is 6.26 Å². The topological polar surface area (TPSA) is 58.2 Å². The van der Waals surface area contributed by atoms with E-state index in [9.17, 15) is 8.42 Å². The smallest absolute Gasteiger partial charge is 0.209 e. The summed E-state index contributed by atoms with van der Waals surface area (Å²) >= 11 is 0. The summed E-state index contributed by atoms with van der Waals surface area (Å²) in [6.07, 6.45) is 3.65. The molecule has 0 aromatic heterocycles. The largest absolute Gasteiger partial charge is 0.317 e. The zero-order valence-corrected chi connectivity index (χ0v) is 11.5. The van der Waals surface area contributed by atoms with Crippen molar-refractivity contribution in [1.82, 2.24) is 10.0 Å². The molecular formula is C13H20N2O2S. The minimum Gasteiger partial charge on any atom is -0.317 e. The van der Waals surface area contributed by atoms with E-state index in [0.29, 0.717) is 0 Å². The van der Waals surface area contributed by atoms with Crippen LogP contribution in [0.3, 0.4) is 0 Å². The van der Waals surface area contributed by atoms with Gasteiger partial charge >= 0.3 is 0 Å². The van der Waals surface area contributed by atoms with Crippen molar-refractivity contribution in [3.63, 3.8) is 0 Å². The third-order valence-electron chi connectivity index (χ3n) is 3.35. The molecular weight excluding hydrogens is 248 g/mol. The highest BCUT2D eigenvalue weighted by atomic mass is 32.2. The van der Waals surface area contributed by atoms with Crippen molar-refractivity contribution in [3.05, 3.63) is 35.9 Å². The number of nitrogens with one attached hydrogen (secondary N) is 2. The second kappa shape index (κ2) is 5.38. The van der Waals surface area contributed by atoms with Crippen molar-refractivity contribution < 1.29 is 8.42 Å². The third kappa shape index (κ3) is 3.80. The van der Waals surface area contributed by atoms with Crippen molar-refractivity contribution in [2.24, 2.45) is 0 Å². The SMILES string of the molecule is CS(=O)(=O)NC1(Cc2ccccc2)CCNCC1. The molecule has 2 rings (SSSR count). The molecule has 0 aliphatic carbocycles. The first-order valence-corrected chi connectivity index (χ1v) is 8.12. The highest BCUT2D eigenvalue weighted by Gasteiger charge is 2.34. The first-order valence-electron chi connectivity index (χ1n) is 6.23. The van der Waals surface area contributed by atoms with Crippen molar-refractivity contribution in [2.45, 2.75) is 24.8 Å². The summed E-state index contributed by atoms with van der Waals surface area (Å²) in [7, 11) is -3.18. The lowest BCUT2D eigenvalue weighted by atomic mass is 9.83. The van der Waals surface area contributed by atoms with Gasteiger partial charge in [-0.05, 0) is 37.9 Å². The van der Waals surface area contributed by atoms with E-state index < -0.39 is 10.0 Å². The van der Waals surface area contributed by atoms with Crippen LogP contribution >= 0.6 is 0 Å². The van der Waals surface area contributed by atoms with Gasteiger partial charge in [0.25, 0.3) is 0 Å². The maximum Gasteiger partial charge on any atom is 0.209 e. The number of hydrogen-bond acceptors (Lipinski definition) is 3. The standard InChI is InChI=1S/C13H20N2O2S/c1-18(16,17)15-13(7-9-14-10-8-13)11-12-5-3-2-4-6-12/h2-6,14-15H,7-11H2,1H3. The van der Waals surface area contributed by atoms with Crippen LogP contribution in [0.5, 0.6) is 0 Å². The van der Waals surface area contributed by atoms with Gasteiger partial charge in [-0.15, -0.1) is 0 Å². The minimum atomic E-state index is -3.18. The van der Waals surface area contributed by atoms with E-state index in [4.69, 9.17) is 0 Å². The van der Waals surface area contributed by atoms with Crippen LogP contribution < -0.4 is 10.0 Å². The molecule has 100 valence electrons. The van der Waals surface area contributed by atoms with Crippen LogP contribution in [0, 0.1) is 0 Å². The van der Waals surface area contributed by atoms with Crippen LogP contribution in [0.1, 0.15) is 18.4 Å². The van der Waals surface area contributed by atoms with Crippen LogP contribution in [0.2, 0.25) is 0 Å². The molecule has 0 radical (unpaired) electrons. The Kier molecular flexibility index (Phi) is 4.04. The maximum absolute atomic E-state index is 11.6. The van der Waals surface area contributed by atoms with E-state index in [2.05, 4.69) is 10.0 Å². The Morgan fingerprint density at radius 1 is 1.22 bits per heavy atom. The molecule has 4 nitrogen and oxygen atoms in total. The Morgan fingerprint density at radius 2 is 1.83 bits per heavy atom. The molecule has 0 amide bonds. The lowest BCUT2D eigenvalue weighted by molar-refractivity contribution is 0.280. The van der Waals surface area contributed by atoms with E-state index >= 15 is 0 Å². The highest BCUT2D eigenvalue weighted by molar-refractivity contribution is 7.88. The average molecular weight is 268 g/mol. The summed E-state index contributed by atoms with van der Waals surface area (Å²) in [6.45, 7) is 1.71. The van der Waals surface area contributed by atoms with Crippen LogP contribution in [-0.2, 0) is 16.4 Å². The molecule has 5 heteroatoms. The summed E-state index contributed by atoms with van der Waals surface area (Å²) in [5, 5.41) is 3.28. The van der Waals surface area contributed by atoms with Crippen molar-refractivity contribution in [1.29, 1.82) is 0 Å². The molecule has 2 N–H and O–H groups in total. The predicted octanol–water partition coefficient (Wildman–Crippen LogP) is 0.900. The number of piperidine rings is 1. The Hall–Kier alpha value is -0.910. The van der Waals surface area contributed by atoms with Crippen LogP contribution in [0.25, 0.3) is 0 Å². The molecule has 18 heavy (non-hydrogen) atoms. The van der Waals surface area contributed by atoms with Crippen LogP contribution in [0.4, 0.5) is 0 Å². The van der Waals surface area contributed by atoms with E-state index in [1.54, 1.807) is 0 Å². The summed E-state index contributed by atoms with van der Waals surface area (Å²) in [4.78, 5) is 0.